The summed E-state index contributed by atoms with van der Waals surface area (Å²) >= 11 is 0. The van der Waals surface area contributed by atoms with Crippen molar-refractivity contribution in [2.45, 2.75) is 135 Å². The lowest BCUT2D eigenvalue weighted by Crippen LogP contribution is -2.61. The van der Waals surface area contributed by atoms with Crippen molar-refractivity contribution in [1.82, 2.24) is 31.4 Å². The molecule has 5 N–H and O–H groups in total. The Labute approximate surface area is 276 Å². The molecule has 3 heterocycles. The Morgan fingerprint density at radius 2 is 1.81 bits per heavy atom. The molecule has 0 spiro atoms. The number of carbonyl (C=O) groups excluding carboxylic acids is 6. The highest BCUT2D eigenvalue weighted by Crippen LogP contribution is 2.21. The van der Waals surface area contributed by atoms with Crippen LogP contribution in [0.25, 0.3) is 0 Å². The van der Waals surface area contributed by atoms with Gasteiger partial charge in [0.15, 0.2) is 5.78 Å². The van der Waals surface area contributed by atoms with E-state index in [9.17, 15) is 38.7 Å². The van der Waals surface area contributed by atoms with Crippen LogP contribution >= 0.6 is 0 Å². The van der Waals surface area contributed by atoms with Crippen molar-refractivity contribution in [2.24, 2.45) is 16.9 Å². The fourth-order valence-electron chi connectivity index (χ4n) is 6.14. The molecular formula is C32H51N7O8. The third-order valence-corrected chi connectivity index (χ3v) is 8.79. The number of nitrogens with one attached hydrogen (secondary N) is 4. The molecule has 5 amide bonds. The Morgan fingerprint density at radius 1 is 1.06 bits per heavy atom. The maximum Gasteiger partial charge on any atom is 0.307 e. The van der Waals surface area contributed by atoms with Gasteiger partial charge in [0.2, 0.25) is 23.6 Å². The first-order chi connectivity index (χ1) is 22.3. The number of hydrogen-bond acceptors (Lipinski definition) is 9. The summed E-state index contributed by atoms with van der Waals surface area (Å²) in [5.41, 5.74) is 2.97. The van der Waals surface area contributed by atoms with E-state index < -0.39 is 71.6 Å². The van der Waals surface area contributed by atoms with Gasteiger partial charge in [-0.25, -0.2) is 10.4 Å². The molecule has 0 aromatic heterocycles. The van der Waals surface area contributed by atoms with Gasteiger partial charge in [0.25, 0.3) is 5.91 Å². The lowest BCUT2D eigenvalue weighted by atomic mass is 9.96. The van der Waals surface area contributed by atoms with E-state index in [4.69, 9.17) is 0 Å². The van der Waals surface area contributed by atoms with Crippen LogP contribution in [-0.2, 0) is 33.6 Å². The number of carboxylic acid groups (broad SMARTS) is 1. The number of unbranched alkanes of at least 4 members (excludes halogenated alkanes) is 2. The number of hydrazine groups is 1. The van der Waals surface area contributed by atoms with Crippen LogP contribution in [0, 0.1) is 11.8 Å². The van der Waals surface area contributed by atoms with Gasteiger partial charge in [-0.1, -0.05) is 40.0 Å². The van der Waals surface area contributed by atoms with E-state index in [2.05, 4.69) is 26.5 Å². The molecule has 2 unspecified atom stereocenters. The summed E-state index contributed by atoms with van der Waals surface area (Å²) in [5, 5.41) is 24.2. The third-order valence-electron chi connectivity index (χ3n) is 8.79. The van der Waals surface area contributed by atoms with Crippen molar-refractivity contribution in [1.29, 1.82) is 0 Å². The number of rotatable bonds is 11. The number of carbonyl (C=O) groups is 7. The smallest absolute Gasteiger partial charge is 0.307 e. The molecule has 47 heavy (non-hydrogen) atoms. The zero-order chi connectivity index (χ0) is 34.7. The summed E-state index contributed by atoms with van der Waals surface area (Å²) in [6.45, 7) is 7.76. The van der Waals surface area contributed by atoms with Crippen molar-refractivity contribution < 1.29 is 38.7 Å². The molecule has 0 aliphatic carbocycles. The van der Waals surface area contributed by atoms with Crippen LogP contribution < -0.4 is 21.4 Å². The molecule has 0 bridgehead atoms. The second kappa shape index (κ2) is 17.9. The number of fused-ring (bicyclic) bond motifs is 1. The first-order valence-corrected chi connectivity index (χ1v) is 16.9. The van der Waals surface area contributed by atoms with Crippen molar-refractivity contribution in [3.63, 3.8) is 0 Å². The summed E-state index contributed by atoms with van der Waals surface area (Å²) in [4.78, 5) is 92.6. The van der Waals surface area contributed by atoms with Crippen molar-refractivity contribution in [3.05, 3.63) is 0 Å². The molecule has 3 aliphatic rings. The third kappa shape index (κ3) is 10.6. The zero-order valence-corrected chi connectivity index (χ0v) is 28.0. The van der Waals surface area contributed by atoms with Gasteiger partial charge >= 0.3 is 5.97 Å². The number of hydrazone groups is 1. The lowest BCUT2D eigenvalue weighted by molar-refractivity contribution is -0.148. The van der Waals surface area contributed by atoms with E-state index in [0.717, 1.165) is 17.9 Å². The fourth-order valence-corrected chi connectivity index (χ4v) is 6.14. The number of amides is 5. The molecule has 3 rings (SSSR count). The van der Waals surface area contributed by atoms with E-state index in [0.29, 0.717) is 38.6 Å². The quantitative estimate of drug-likeness (QED) is 0.200. The average Bonchev–Trinajstić information content (AvgIpc) is 3.04. The normalized spacial score (nSPS) is 26.7. The maximum atomic E-state index is 13.7. The summed E-state index contributed by atoms with van der Waals surface area (Å²) < 4.78 is 0. The first-order valence-electron chi connectivity index (χ1n) is 16.9. The number of aliphatic carboxylic acids is 1. The number of Topliss-reactive ketones (excluding diaryl/α,β-unsaturated/α-hetero) is 1. The molecule has 15 nitrogen and oxygen atoms in total. The molecule has 0 saturated carbocycles. The molecule has 0 aromatic carbocycles. The van der Waals surface area contributed by atoms with Crippen LogP contribution in [0.4, 0.5) is 0 Å². The summed E-state index contributed by atoms with van der Waals surface area (Å²) in [6, 6.07) is -5.12. The van der Waals surface area contributed by atoms with Crippen LogP contribution in [0.3, 0.4) is 0 Å². The van der Waals surface area contributed by atoms with E-state index in [-0.39, 0.29) is 43.8 Å². The van der Waals surface area contributed by atoms with Crippen LogP contribution in [0.15, 0.2) is 5.10 Å². The molecule has 15 heteroatoms. The number of nitrogens with zero attached hydrogens (tertiary/aromatic N) is 3. The van der Waals surface area contributed by atoms with Gasteiger partial charge < -0.3 is 21.1 Å². The predicted molar refractivity (Wildman–Crippen MR) is 171 cm³/mol. The highest BCUT2D eigenvalue weighted by atomic mass is 16.4. The second-order valence-electron chi connectivity index (χ2n) is 13.1. The molecular weight excluding hydrogens is 610 g/mol. The highest BCUT2D eigenvalue weighted by Gasteiger charge is 2.39. The largest absolute Gasteiger partial charge is 0.481 e. The molecule has 2 saturated heterocycles. The summed E-state index contributed by atoms with van der Waals surface area (Å²) in [5.74, 6) is -5.32. The zero-order valence-electron chi connectivity index (χ0n) is 28.0. The van der Waals surface area contributed by atoms with Gasteiger partial charge in [0, 0.05) is 25.6 Å². The van der Waals surface area contributed by atoms with Crippen LogP contribution in [0.2, 0.25) is 0 Å². The Morgan fingerprint density at radius 3 is 2.49 bits per heavy atom. The van der Waals surface area contributed by atoms with E-state index in [1.54, 1.807) is 0 Å². The molecule has 2 fully saturated rings. The maximum absolute atomic E-state index is 13.7. The van der Waals surface area contributed by atoms with Crippen LogP contribution in [-0.4, -0.2) is 99.4 Å². The minimum absolute atomic E-state index is 0.00762. The first kappa shape index (κ1) is 37.6. The summed E-state index contributed by atoms with van der Waals surface area (Å²) in [7, 11) is 0. The average molecular weight is 662 g/mol. The van der Waals surface area contributed by atoms with Gasteiger partial charge in [0.05, 0.1) is 5.92 Å². The topological polar surface area (TPSA) is 207 Å². The Kier molecular flexibility index (Phi) is 14.3. The second-order valence-corrected chi connectivity index (χ2v) is 13.1. The minimum Gasteiger partial charge on any atom is -0.481 e. The standard InChI is InChI=1S/C32H51N7O8/c1-5-6-7-10-21(32(46)47)18-27(41)38-25(12-9-15-33-38)30(44)36-22-13-14-26(40)24-11-8-16-34-39(24)31(45)20(4)35-29(43)23(17-19(2)3)37-28(22)42/h15,19-25,34H,5-14,16-18H2,1-4H3,(H,35,43)(H,36,44)(H,37,42)(H,46,47)/t20-,21-,22?,23?,24+,25-/m0/s1. The Balaban J connectivity index is 1.84. The van der Waals surface area contributed by atoms with Gasteiger partial charge in [-0.2, -0.15) is 5.10 Å². The molecule has 3 aliphatic heterocycles. The Bertz CT molecular complexity index is 1210. The predicted octanol–water partition coefficient (Wildman–Crippen LogP) is 1.01. The van der Waals surface area contributed by atoms with Crippen molar-refractivity contribution in [3.8, 4) is 0 Å². The molecule has 262 valence electrons. The van der Waals surface area contributed by atoms with Crippen molar-refractivity contribution >= 4 is 47.5 Å². The number of carboxylic acids is 1. The fraction of sp³-hybridized carbons (Fsp3) is 0.750. The van der Waals surface area contributed by atoms with Crippen LogP contribution in [0.5, 0.6) is 0 Å². The SMILES string of the molecule is CCCCC[C@@H](CC(=O)N1N=CCC[C@H]1C(=O)NC1CCC(=O)[C@H]2CCCNN2C(=O)[C@H](C)NC(=O)C(CC(C)C)NC1=O)C(=O)O. The minimum atomic E-state index is -1.24. The lowest BCUT2D eigenvalue weighted by Gasteiger charge is -2.37. The van der Waals surface area contributed by atoms with Gasteiger partial charge in [0.1, 0.15) is 30.2 Å². The van der Waals surface area contributed by atoms with E-state index in [1.165, 1.54) is 18.1 Å². The van der Waals surface area contributed by atoms with Crippen LogP contribution in [0.1, 0.15) is 105 Å². The number of ketones is 1. The highest BCUT2D eigenvalue weighted by molar-refractivity contribution is 5.97. The van der Waals surface area contributed by atoms with E-state index in [1.807, 2.05) is 20.8 Å². The van der Waals surface area contributed by atoms with Gasteiger partial charge in [-0.15, -0.1) is 0 Å². The summed E-state index contributed by atoms with van der Waals surface area (Å²) in [6.07, 6.45) is 5.51. The Hall–Kier alpha value is -3.88. The van der Waals surface area contributed by atoms with Crippen molar-refractivity contribution in [2.75, 3.05) is 6.54 Å². The van der Waals surface area contributed by atoms with Gasteiger partial charge in [-0.05, 0) is 57.8 Å². The van der Waals surface area contributed by atoms with Gasteiger partial charge in [-0.3, -0.25) is 38.6 Å². The van der Waals surface area contributed by atoms with E-state index >= 15 is 0 Å². The molecule has 0 radical (unpaired) electrons. The monoisotopic (exact) mass is 661 g/mol. The molecule has 0 aromatic rings. The number of hydrogen-bond donors (Lipinski definition) is 5. The molecule has 6 atom stereocenters.